The van der Waals surface area contributed by atoms with Gasteiger partial charge in [0, 0.05) is 56.8 Å². The zero-order chi connectivity index (χ0) is 36.6. The van der Waals surface area contributed by atoms with Gasteiger partial charge in [-0.15, -0.1) is 0 Å². The molecule has 270 valence electrons. The molecule has 50 heavy (non-hydrogen) atoms. The maximum Gasteiger partial charge on any atom is 0.414 e. The van der Waals surface area contributed by atoms with Crippen LogP contribution in [0.1, 0.15) is 57.9 Å². The van der Waals surface area contributed by atoms with Crippen LogP contribution in [0.4, 0.5) is 21.0 Å². The van der Waals surface area contributed by atoms with Crippen LogP contribution in [-0.2, 0) is 35.3 Å². The number of nitrogens with one attached hydrogen (secondary N) is 5. The number of carbonyl (C=O) groups excluding carboxylic acids is 7. The van der Waals surface area contributed by atoms with Crippen LogP contribution >= 0.6 is 0 Å². The van der Waals surface area contributed by atoms with Gasteiger partial charge in [0.2, 0.25) is 17.7 Å². The molecule has 0 aliphatic carbocycles. The summed E-state index contributed by atoms with van der Waals surface area (Å²) in [5.41, 5.74) is 6.92. The van der Waals surface area contributed by atoms with Crippen molar-refractivity contribution in [2.75, 3.05) is 30.4 Å². The summed E-state index contributed by atoms with van der Waals surface area (Å²) in [6.07, 6.45) is 7.54. The van der Waals surface area contributed by atoms with Crippen LogP contribution in [0.25, 0.3) is 0 Å². The number of nitrogens with two attached hydrogens (primary N) is 1. The number of urea groups is 1. The highest BCUT2D eigenvalue weighted by Crippen LogP contribution is 2.15. The second-order valence-electron chi connectivity index (χ2n) is 12.1. The molecule has 2 aromatic rings. The largest absolute Gasteiger partial charge is 0.444 e. The van der Waals surface area contributed by atoms with Gasteiger partial charge in [-0.2, -0.15) is 0 Å². The number of primary amides is 1. The Morgan fingerprint density at radius 2 is 1.62 bits per heavy atom. The molecule has 1 aromatic heterocycles. The number of hydrogen-bond acceptors (Lipinski definition) is 8. The lowest BCUT2D eigenvalue weighted by Crippen LogP contribution is -2.54. The predicted octanol–water partition coefficient (Wildman–Crippen LogP) is 2.29. The Morgan fingerprint density at radius 1 is 0.920 bits per heavy atom. The highest BCUT2D eigenvalue weighted by atomic mass is 16.6. The molecule has 8 amide bonds. The van der Waals surface area contributed by atoms with Crippen molar-refractivity contribution in [2.45, 2.75) is 71.1 Å². The van der Waals surface area contributed by atoms with E-state index in [0.29, 0.717) is 42.6 Å². The fourth-order valence-electron chi connectivity index (χ4n) is 5.00. The van der Waals surface area contributed by atoms with Crippen molar-refractivity contribution in [3.63, 3.8) is 0 Å². The highest BCUT2D eigenvalue weighted by Gasteiger charge is 2.29. The van der Waals surface area contributed by atoms with Crippen molar-refractivity contribution in [1.82, 2.24) is 25.8 Å². The third kappa shape index (κ3) is 12.4. The number of nitrogens with zero attached hydrogens (tertiary/aromatic N) is 2. The van der Waals surface area contributed by atoms with Gasteiger partial charge in [-0.25, -0.2) is 9.59 Å². The van der Waals surface area contributed by atoms with Gasteiger partial charge in [0.05, 0.1) is 5.69 Å². The number of aromatic nitrogens is 1. The summed E-state index contributed by atoms with van der Waals surface area (Å²) in [6, 6.07) is 5.74. The van der Waals surface area contributed by atoms with Gasteiger partial charge in [-0.1, -0.05) is 32.4 Å². The first kappa shape index (κ1) is 38.8. The summed E-state index contributed by atoms with van der Waals surface area (Å²) in [7, 11) is 1.59. The molecule has 16 nitrogen and oxygen atoms in total. The minimum absolute atomic E-state index is 0.00795. The Morgan fingerprint density at radius 3 is 2.24 bits per heavy atom. The number of rotatable bonds is 19. The molecule has 0 bridgehead atoms. The van der Waals surface area contributed by atoms with E-state index in [9.17, 15) is 33.6 Å². The molecule has 0 saturated carbocycles. The average Bonchev–Trinajstić information content (AvgIpc) is 3.73. The standard InChI is InChI=1S/C34H46N8O8/c1-22(2)30(40-27(43)9-5-4-6-19-42-28(44)14-15-29(42)45)32(47)39-26(8-7-17-37-33(35)48)31(46)38-24-12-10-23(11-13-24)21-50-34(49)41(3)25-16-18-36-20-25/h10-16,18,20,22,26,30,36H,4-9,17,19,21H2,1-3H3,(H,38,46)(H,39,47)(H,40,43)(H3,35,37,48)/t26-,30-/m1/s1. The molecule has 2 heterocycles. The number of aromatic amines is 1. The topological polar surface area (TPSA) is 225 Å². The number of anilines is 2. The number of carbonyl (C=O) groups is 7. The van der Waals surface area contributed by atoms with E-state index in [4.69, 9.17) is 10.5 Å². The highest BCUT2D eigenvalue weighted by molar-refractivity contribution is 6.12. The molecule has 0 saturated heterocycles. The molecule has 0 spiro atoms. The SMILES string of the molecule is CC(C)[C@@H](NC(=O)CCCCCN1C(=O)C=CC1=O)C(=O)N[C@H](CCCNC(N)=O)C(=O)Nc1ccc(COC(=O)N(C)c2cc[nH]c2)cc1. The molecule has 2 atom stereocenters. The molecule has 0 radical (unpaired) electrons. The first-order chi connectivity index (χ1) is 23.8. The summed E-state index contributed by atoms with van der Waals surface area (Å²) in [6.45, 7) is 4.00. The first-order valence-electron chi connectivity index (χ1n) is 16.4. The molecule has 1 aromatic carbocycles. The lowest BCUT2D eigenvalue weighted by molar-refractivity contribution is -0.137. The zero-order valence-electron chi connectivity index (χ0n) is 28.5. The van der Waals surface area contributed by atoms with Crippen molar-refractivity contribution in [2.24, 2.45) is 11.7 Å². The Balaban J connectivity index is 1.53. The molecular formula is C34H46N8O8. The van der Waals surface area contributed by atoms with Gasteiger partial charge >= 0.3 is 12.1 Å². The second-order valence-corrected chi connectivity index (χ2v) is 12.1. The quantitative estimate of drug-likeness (QED) is 0.0943. The van der Waals surface area contributed by atoms with Crippen LogP contribution in [0.15, 0.2) is 54.9 Å². The number of amides is 8. The summed E-state index contributed by atoms with van der Waals surface area (Å²) < 4.78 is 5.36. The smallest absolute Gasteiger partial charge is 0.414 e. The van der Waals surface area contributed by atoms with E-state index in [2.05, 4.69) is 26.3 Å². The van der Waals surface area contributed by atoms with E-state index in [1.807, 2.05) is 0 Å². The molecule has 0 unspecified atom stereocenters. The van der Waals surface area contributed by atoms with Gasteiger partial charge in [0.25, 0.3) is 11.8 Å². The number of ether oxygens (including phenoxy) is 1. The maximum atomic E-state index is 13.4. The van der Waals surface area contributed by atoms with Crippen LogP contribution in [0.5, 0.6) is 0 Å². The van der Waals surface area contributed by atoms with E-state index in [0.717, 1.165) is 4.90 Å². The van der Waals surface area contributed by atoms with Crippen molar-refractivity contribution >= 4 is 53.0 Å². The maximum absolute atomic E-state index is 13.4. The van der Waals surface area contributed by atoms with Gasteiger partial charge in [-0.3, -0.25) is 33.8 Å². The fraction of sp³-hybridized carbons (Fsp3) is 0.441. The van der Waals surface area contributed by atoms with Crippen molar-refractivity contribution < 1.29 is 38.3 Å². The van der Waals surface area contributed by atoms with Gasteiger partial charge in [0.1, 0.15) is 18.7 Å². The van der Waals surface area contributed by atoms with Gasteiger partial charge in [0.15, 0.2) is 0 Å². The molecule has 1 aliphatic heterocycles. The normalized spacial score (nSPS) is 13.5. The Kier molecular flexibility index (Phi) is 15.0. The van der Waals surface area contributed by atoms with Gasteiger partial charge in [-0.05, 0) is 55.4 Å². The third-order valence-electron chi connectivity index (χ3n) is 7.88. The van der Waals surface area contributed by atoms with Crippen LogP contribution < -0.4 is 31.9 Å². The third-order valence-corrected chi connectivity index (χ3v) is 7.88. The van der Waals surface area contributed by atoms with E-state index in [1.165, 1.54) is 17.1 Å². The minimum atomic E-state index is -1.01. The number of imide groups is 1. The van der Waals surface area contributed by atoms with Crippen LogP contribution in [0, 0.1) is 5.92 Å². The monoisotopic (exact) mass is 694 g/mol. The van der Waals surface area contributed by atoms with Crippen LogP contribution in [0.2, 0.25) is 0 Å². The Hall–Kier alpha value is -5.67. The lowest BCUT2D eigenvalue weighted by Gasteiger charge is -2.25. The lowest BCUT2D eigenvalue weighted by atomic mass is 10.0. The van der Waals surface area contributed by atoms with E-state index in [1.54, 1.807) is 63.6 Å². The van der Waals surface area contributed by atoms with Crippen LogP contribution in [0.3, 0.4) is 0 Å². The van der Waals surface area contributed by atoms with Crippen molar-refractivity contribution in [3.8, 4) is 0 Å². The van der Waals surface area contributed by atoms with E-state index >= 15 is 0 Å². The predicted molar refractivity (Wildman–Crippen MR) is 184 cm³/mol. The molecular weight excluding hydrogens is 648 g/mol. The van der Waals surface area contributed by atoms with E-state index in [-0.39, 0.29) is 56.2 Å². The number of hydrogen-bond donors (Lipinski definition) is 6. The molecule has 16 heteroatoms. The molecule has 0 fully saturated rings. The summed E-state index contributed by atoms with van der Waals surface area (Å²) in [5, 5.41) is 10.7. The van der Waals surface area contributed by atoms with Crippen molar-refractivity contribution in [3.05, 3.63) is 60.4 Å². The first-order valence-corrected chi connectivity index (χ1v) is 16.4. The average molecular weight is 695 g/mol. The fourth-order valence-corrected chi connectivity index (χ4v) is 5.00. The van der Waals surface area contributed by atoms with Crippen LogP contribution in [-0.4, -0.2) is 83.8 Å². The summed E-state index contributed by atoms with van der Waals surface area (Å²) in [5.74, 6) is -2.40. The Labute approximate surface area is 290 Å². The van der Waals surface area contributed by atoms with E-state index < -0.39 is 36.0 Å². The number of unbranched alkanes of at least 4 members (excludes halogenated alkanes) is 2. The molecule has 1 aliphatic rings. The van der Waals surface area contributed by atoms with Crippen molar-refractivity contribution in [1.29, 1.82) is 0 Å². The molecule has 3 rings (SSSR count). The van der Waals surface area contributed by atoms with Gasteiger partial charge < -0.3 is 36.7 Å². The number of benzene rings is 1. The Bertz CT molecular complexity index is 1510. The molecule has 7 N–H and O–H groups in total. The minimum Gasteiger partial charge on any atom is -0.444 e. The zero-order valence-corrected chi connectivity index (χ0v) is 28.5. The second kappa shape index (κ2) is 19.4. The summed E-state index contributed by atoms with van der Waals surface area (Å²) >= 11 is 0. The number of H-pyrrole nitrogens is 1. The summed E-state index contributed by atoms with van der Waals surface area (Å²) in [4.78, 5) is 91.7.